The zero-order chi connectivity index (χ0) is 10.6. The zero-order valence-corrected chi connectivity index (χ0v) is 9.22. The van der Waals surface area contributed by atoms with Gasteiger partial charge < -0.3 is 5.32 Å². The van der Waals surface area contributed by atoms with Gasteiger partial charge in [0.2, 0.25) is 0 Å². The highest BCUT2D eigenvalue weighted by atomic mass is 15.1. The third-order valence-corrected chi connectivity index (χ3v) is 2.43. The molecule has 0 aliphatic heterocycles. The summed E-state index contributed by atoms with van der Waals surface area (Å²) in [5.74, 6) is 0. The standard InChI is InChI=1S/C11H19N3/c1-5-6-8(2)12-7-11-9(3)13-14-10(11)4/h5,8,12H,1,6-7H2,2-4H3,(H,13,14). The molecule has 78 valence electrons. The Morgan fingerprint density at radius 2 is 2.29 bits per heavy atom. The van der Waals surface area contributed by atoms with Crippen LogP contribution in [0.3, 0.4) is 0 Å². The van der Waals surface area contributed by atoms with E-state index in [1.807, 2.05) is 13.0 Å². The predicted molar refractivity (Wildman–Crippen MR) is 59.2 cm³/mol. The average molecular weight is 193 g/mol. The third-order valence-electron chi connectivity index (χ3n) is 2.43. The lowest BCUT2D eigenvalue weighted by molar-refractivity contribution is 0.552. The van der Waals surface area contributed by atoms with Gasteiger partial charge in [-0.3, -0.25) is 5.10 Å². The highest BCUT2D eigenvalue weighted by molar-refractivity contribution is 5.22. The van der Waals surface area contributed by atoms with Crippen molar-refractivity contribution in [3.05, 3.63) is 29.6 Å². The fraction of sp³-hybridized carbons (Fsp3) is 0.545. The first-order valence-corrected chi connectivity index (χ1v) is 5.00. The Hall–Kier alpha value is -1.09. The Kier molecular flexibility index (Phi) is 3.89. The van der Waals surface area contributed by atoms with Gasteiger partial charge in [0.25, 0.3) is 0 Å². The lowest BCUT2D eigenvalue weighted by atomic mass is 10.1. The molecule has 0 radical (unpaired) electrons. The fourth-order valence-corrected chi connectivity index (χ4v) is 1.44. The Labute approximate surface area is 85.6 Å². The van der Waals surface area contributed by atoms with Crippen molar-refractivity contribution in [1.82, 2.24) is 15.5 Å². The van der Waals surface area contributed by atoms with Gasteiger partial charge in [-0.2, -0.15) is 5.10 Å². The average Bonchev–Trinajstić information content (AvgIpc) is 2.44. The molecule has 0 aliphatic rings. The Bertz CT molecular complexity index is 282. The second-order valence-electron chi connectivity index (χ2n) is 3.72. The van der Waals surface area contributed by atoms with Gasteiger partial charge in [-0.25, -0.2) is 0 Å². The van der Waals surface area contributed by atoms with E-state index in [0.29, 0.717) is 6.04 Å². The van der Waals surface area contributed by atoms with Gasteiger partial charge in [0.1, 0.15) is 0 Å². The normalized spacial score (nSPS) is 12.8. The zero-order valence-electron chi connectivity index (χ0n) is 9.22. The van der Waals surface area contributed by atoms with E-state index in [-0.39, 0.29) is 0 Å². The second-order valence-corrected chi connectivity index (χ2v) is 3.72. The number of nitrogens with one attached hydrogen (secondary N) is 2. The SMILES string of the molecule is C=CCC(C)NCc1c(C)n[nH]c1C. The van der Waals surface area contributed by atoms with Crippen LogP contribution in [0.25, 0.3) is 0 Å². The van der Waals surface area contributed by atoms with Crippen LogP contribution in [0.1, 0.15) is 30.3 Å². The van der Waals surface area contributed by atoms with Crippen LogP contribution in [0.5, 0.6) is 0 Å². The summed E-state index contributed by atoms with van der Waals surface area (Å²) in [7, 11) is 0. The Morgan fingerprint density at radius 3 is 2.79 bits per heavy atom. The molecule has 0 fully saturated rings. The Morgan fingerprint density at radius 1 is 1.57 bits per heavy atom. The van der Waals surface area contributed by atoms with Crippen LogP contribution in [-0.4, -0.2) is 16.2 Å². The summed E-state index contributed by atoms with van der Waals surface area (Å²) in [5, 5.41) is 10.6. The second kappa shape index (κ2) is 4.96. The molecule has 14 heavy (non-hydrogen) atoms. The minimum Gasteiger partial charge on any atom is -0.310 e. The number of rotatable bonds is 5. The lowest BCUT2D eigenvalue weighted by Crippen LogP contribution is -2.25. The predicted octanol–water partition coefficient (Wildman–Crippen LogP) is 2.08. The number of hydrogen-bond donors (Lipinski definition) is 2. The summed E-state index contributed by atoms with van der Waals surface area (Å²) in [6, 6.07) is 0.473. The maximum atomic E-state index is 4.15. The van der Waals surface area contributed by atoms with E-state index in [1.165, 1.54) is 5.56 Å². The molecule has 1 heterocycles. The number of nitrogens with zero attached hydrogens (tertiary/aromatic N) is 1. The monoisotopic (exact) mass is 193 g/mol. The minimum atomic E-state index is 0.473. The van der Waals surface area contributed by atoms with Crippen LogP contribution in [0.2, 0.25) is 0 Å². The van der Waals surface area contributed by atoms with Crippen LogP contribution in [-0.2, 0) is 6.54 Å². The quantitative estimate of drug-likeness (QED) is 0.703. The molecule has 0 bridgehead atoms. The summed E-state index contributed by atoms with van der Waals surface area (Å²) in [6.07, 6.45) is 2.93. The number of H-pyrrole nitrogens is 1. The molecule has 0 amide bonds. The fourth-order valence-electron chi connectivity index (χ4n) is 1.44. The molecular formula is C11H19N3. The van der Waals surface area contributed by atoms with Crippen LogP contribution in [0.4, 0.5) is 0 Å². The molecule has 1 unspecified atom stereocenters. The van der Waals surface area contributed by atoms with Gasteiger partial charge in [0.05, 0.1) is 5.69 Å². The molecule has 0 aliphatic carbocycles. The topological polar surface area (TPSA) is 40.7 Å². The van der Waals surface area contributed by atoms with Crippen LogP contribution < -0.4 is 5.32 Å². The van der Waals surface area contributed by atoms with Crippen molar-refractivity contribution in [1.29, 1.82) is 0 Å². The summed E-state index contributed by atoms with van der Waals surface area (Å²) in [4.78, 5) is 0. The van der Waals surface area contributed by atoms with Crippen molar-refractivity contribution in [2.75, 3.05) is 0 Å². The van der Waals surface area contributed by atoms with Gasteiger partial charge in [0, 0.05) is 23.8 Å². The number of aromatic nitrogens is 2. The van der Waals surface area contributed by atoms with Gasteiger partial charge in [-0.05, 0) is 27.2 Å². The largest absolute Gasteiger partial charge is 0.310 e. The summed E-state index contributed by atoms with van der Waals surface area (Å²) < 4.78 is 0. The maximum absolute atomic E-state index is 4.15. The van der Waals surface area contributed by atoms with Crippen molar-refractivity contribution < 1.29 is 0 Å². The van der Waals surface area contributed by atoms with E-state index in [0.717, 1.165) is 24.4 Å². The summed E-state index contributed by atoms with van der Waals surface area (Å²) in [5.41, 5.74) is 3.52. The van der Waals surface area contributed by atoms with Crippen LogP contribution in [0.15, 0.2) is 12.7 Å². The van der Waals surface area contributed by atoms with E-state index in [4.69, 9.17) is 0 Å². The van der Waals surface area contributed by atoms with Crippen molar-refractivity contribution in [3.8, 4) is 0 Å². The molecule has 3 nitrogen and oxygen atoms in total. The van der Waals surface area contributed by atoms with Crippen molar-refractivity contribution >= 4 is 0 Å². The van der Waals surface area contributed by atoms with E-state index in [1.54, 1.807) is 0 Å². The minimum absolute atomic E-state index is 0.473. The molecule has 1 atom stereocenters. The molecule has 0 saturated carbocycles. The first kappa shape index (κ1) is 11.0. The van der Waals surface area contributed by atoms with Gasteiger partial charge in [0.15, 0.2) is 0 Å². The van der Waals surface area contributed by atoms with E-state index in [2.05, 4.69) is 35.9 Å². The molecule has 0 spiro atoms. The molecule has 3 heteroatoms. The van der Waals surface area contributed by atoms with Crippen molar-refractivity contribution in [2.45, 2.75) is 39.8 Å². The molecule has 1 aromatic heterocycles. The number of hydrogen-bond acceptors (Lipinski definition) is 2. The lowest BCUT2D eigenvalue weighted by Gasteiger charge is -2.11. The number of aryl methyl sites for hydroxylation is 2. The van der Waals surface area contributed by atoms with Crippen LogP contribution >= 0.6 is 0 Å². The summed E-state index contributed by atoms with van der Waals surface area (Å²) in [6.45, 7) is 10.8. The van der Waals surface area contributed by atoms with E-state index in [9.17, 15) is 0 Å². The van der Waals surface area contributed by atoms with Gasteiger partial charge >= 0.3 is 0 Å². The first-order chi connectivity index (χ1) is 6.65. The van der Waals surface area contributed by atoms with E-state index >= 15 is 0 Å². The van der Waals surface area contributed by atoms with Crippen LogP contribution in [0, 0.1) is 13.8 Å². The molecule has 0 aromatic carbocycles. The van der Waals surface area contributed by atoms with E-state index < -0.39 is 0 Å². The molecular weight excluding hydrogens is 174 g/mol. The first-order valence-electron chi connectivity index (χ1n) is 5.00. The molecule has 2 N–H and O–H groups in total. The molecule has 1 rings (SSSR count). The maximum Gasteiger partial charge on any atom is 0.0638 e. The summed E-state index contributed by atoms with van der Waals surface area (Å²) >= 11 is 0. The highest BCUT2D eigenvalue weighted by Crippen LogP contribution is 2.09. The van der Waals surface area contributed by atoms with Gasteiger partial charge in [-0.15, -0.1) is 6.58 Å². The third kappa shape index (κ3) is 2.70. The molecule has 1 aromatic rings. The smallest absolute Gasteiger partial charge is 0.0638 e. The molecule has 0 saturated heterocycles. The highest BCUT2D eigenvalue weighted by Gasteiger charge is 2.06. The van der Waals surface area contributed by atoms with Gasteiger partial charge in [-0.1, -0.05) is 6.08 Å². The number of aromatic amines is 1. The Balaban J connectivity index is 2.48. The van der Waals surface area contributed by atoms with Crippen molar-refractivity contribution in [2.24, 2.45) is 0 Å². The van der Waals surface area contributed by atoms with Crippen molar-refractivity contribution in [3.63, 3.8) is 0 Å².